The Kier molecular flexibility index (Phi) is 2.49. The molecule has 0 amide bonds. The van der Waals surface area contributed by atoms with Crippen molar-refractivity contribution in [3.8, 4) is 0 Å². The second-order valence-corrected chi connectivity index (χ2v) is 3.12. The van der Waals surface area contributed by atoms with Crippen LogP contribution < -0.4 is 5.32 Å². The van der Waals surface area contributed by atoms with E-state index in [1.165, 1.54) is 0 Å². The van der Waals surface area contributed by atoms with Gasteiger partial charge in [-0.05, 0) is 13.0 Å². The summed E-state index contributed by atoms with van der Waals surface area (Å²) in [5.41, 5.74) is 0.884. The number of hydrogen-bond donors (Lipinski definition) is 1. The SMILES string of the molecule is CCOC(=O)C1NCCn2nccc21. The Morgan fingerprint density at radius 3 is 3.50 bits per heavy atom. The zero-order chi connectivity index (χ0) is 9.97. The van der Waals surface area contributed by atoms with Gasteiger partial charge in [-0.1, -0.05) is 0 Å². The van der Waals surface area contributed by atoms with Crippen LogP contribution in [0.15, 0.2) is 12.3 Å². The second-order valence-electron chi connectivity index (χ2n) is 3.12. The molecular weight excluding hydrogens is 182 g/mol. The summed E-state index contributed by atoms with van der Waals surface area (Å²) in [5, 5.41) is 7.23. The number of carbonyl (C=O) groups is 1. The van der Waals surface area contributed by atoms with Crippen molar-refractivity contribution in [2.45, 2.75) is 19.5 Å². The van der Waals surface area contributed by atoms with Gasteiger partial charge in [0, 0.05) is 12.7 Å². The third kappa shape index (κ3) is 1.50. The molecule has 1 aliphatic heterocycles. The first kappa shape index (κ1) is 9.21. The first-order chi connectivity index (χ1) is 6.83. The average molecular weight is 195 g/mol. The largest absolute Gasteiger partial charge is 0.465 e. The van der Waals surface area contributed by atoms with E-state index in [-0.39, 0.29) is 12.0 Å². The molecule has 2 heterocycles. The molecule has 0 saturated carbocycles. The molecule has 0 radical (unpaired) electrons. The number of nitrogens with zero attached hydrogens (tertiary/aromatic N) is 2. The predicted octanol–water partition coefficient (Wildman–Crippen LogP) is 0.0905. The topological polar surface area (TPSA) is 56.1 Å². The zero-order valence-corrected chi connectivity index (χ0v) is 8.06. The van der Waals surface area contributed by atoms with E-state index in [1.54, 1.807) is 13.1 Å². The second kappa shape index (κ2) is 3.79. The minimum atomic E-state index is -0.355. The molecule has 1 aromatic rings. The molecule has 76 valence electrons. The number of carbonyl (C=O) groups excluding carboxylic acids is 1. The Morgan fingerprint density at radius 1 is 1.86 bits per heavy atom. The number of hydrogen-bond acceptors (Lipinski definition) is 4. The fourth-order valence-corrected chi connectivity index (χ4v) is 1.62. The van der Waals surface area contributed by atoms with Gasteiger partial charge >= 0.3 is 5.97 Å². The summed E-state index contributed by atoms with van der Waals surface area (Å²) < 4.78 is 6.80. The summed E-state index contributed by atoms with van der Waals surface area (Å²) in [7, 11) is 0. The Morgan fingerprint density at radius 2 is 2.71 bits per heavy atom. The maximum absolute atomic E-state index is 11.5. The van der Waals surface area contributed by atoms with Gasteiger partial charge in [0.25, 0.3) is 0 Å². The summed E-state index contributed by atoms with van der Waals surface area (Å²) in [4.78, 5) is 11.5. The van der Waals surface area contributed by atoms with Gasteiger partial charge in [0.15, 0.2) is 0 Å². The average Bonchev–Trinajstić information content (AvgIpc) is 2.65. The van der Waals surface area contributed by atoms with E-state index < -0.39 is 0 Å². The normalized spacial score (nSPS) is 20.2. The number of ether oxygens (including phenoxy) is 1. The molecule has 0 saturated heterocycles. The van der Waals surface area contributed by atoms with Crippen LogP contribution in [0.4, 0.5) is 0 Å². The van der Waals surface area contributed by atoms with E-state index in [2.05, 4.69) is 10.4 Å². The first-order valence-corrected chi connectivity index (χ1v) is 4.74. The third-order valence-corrected chi connectivity index (χ3v) is 2.24. The minimum absolute atomic E-state index is 0.228. The standard InChI is InChI=1S/C9H13N3O2/c1-2-14-9(13)8-7-3-4-11-12(7)6-5-10-8/h3-4,8,10H,2,5-6H2,1H3. The maximum atomic E-state index is 11.5. The Hall–Kier alpha value is -1.36. The first-order valence-electron chi connectivity index (χ1n) is 4.74. The van der Waals surface area contributed by atoms with Gasteiger partial charge in [-0.25, -0.2) is 4.79 Å². The molecule has 1 atom stereocenters. The smallest absolute Gasteiger partial charge is 0.329 e. The molecule has 1 aromatic heterocycles. The molecule has 14 heavy (non-hydrogen) atoms. The van der Waals surface area contributed by atoms with Crippen LogP contribution >= 0.6 is 0 Å². The van der Waals surface area contributed by atoms with E-state index in [4.69, 9.17) is 4.74 Å². The van der Waals surface area contributed by atoms with Crippen LogP contribution in [0.2, 0.25) is 0 Å². The quantitative estimate of drug-likeness (QED) is 0.679. The molecule has 0 bridgehead atoms. The van der Waals surface area contributed by atoms with Gasteiger partial charge in [0.1, 0.15) is 6.04 Å². The molecule has 2 rings (SSSR count). The Labute approximate surface area is 82.0 Å². The summed E-state index contributed by atoms with van der Waals surface area (Å²) in [6.45, 7) is 3.76. The highest BCUT2D eigenvalue weighted by Crippen LogP contribution is 2.17. The minimum Gasteiger partial charge on any atom is -0.465 e. The molecule has 0 aliphatic carbocycles. The van der Waals surface area contributed by atoms with Crippen molar-refractivity contribution < 1.29 is 9.53 Å². The van der Waals surface area contributed by atoms with Crippen LogP contribution in [-0.2, 0) is 16.1 Å². The van der Waals surface area contributed by atoms with Crippen LogP contribution in [0.3, 0.4) is 0 Å². The fourth-order valence-electron chi connectivity index (χ4n) is 1.62. The third-order valence-electron chi connectivity index (χ3n) is 2.24. The van der Waals surface area contributed by atoms with Crippen LogP contribution in [0.25, 0.3) is 0 Å². The zero-order valence-electron chi connectivity index (χ0n) is 8.06. The van der Waals surface area contributed by atoms with Gasteiger partial charge in [0.05, 0.1) is 18.8 Å². The molecule has 1 unspecified atom stereocenters. The van der Waals surface area contributed by atoms with E-state index in [0.29, 0.717) is 6.61 Å². The van der Waals surface area contributed by atoms with E-state index in [0.717, 1.165) is 18.8 Å². The highest BCUT2D eigenvalue weighted by Gasteiger charge is 2.27. The lowest BCUT2D eigenvalue weighted by Gasteiger charge is -2.23. The van der Waals surface area contributed by atoms with Crippen LogP contribution in [0.1, 0.15) is 18.7 Å². The highest BCUT2D eigenvalue weighted by molar-refractivity contribution is 5.77. The van der Waals surface area contributed by atoms with E-state index in [1.807, 2.05) is 10.7 Å². The van der Waals surface area contributed by atoms with Gasteiger partial charge in [-0.15, -0.1) is 0 Å². The van der Waals surface area contributed by atoms with Gasteiger partial charge < -0.3 is 4.74 Å². The van der Waals surface area contributed by atoms with Crippen molar-refractivity contribution in [1.82, 2.24) is 15.1 Å². The van der Waals surface area contributed by atoms with Gasteiger partial charge in [-0.2, -0.15) is 5.10 Å². The maximum Gasteiger partial charge on any atom is 0.329 e. The van der Waals surface area contributed by atoms with E-state index in [9.17, 15) is 4.79 Å². The molecule has 0 aromatic carbocycles. The summed E-state index contributed by atoms with van der Waals surface area (Å²) in [6.07, 6.45) is 1.70. The van der Waals surface area contributed by atoms with Crippen molar-refractivity contribution in [3.05, 3.63) is 18.0 Å². The number of fused-ring (bicyclic) bond motifs is 1. The monoisotopic (exact) mass is 195 g/mol. The van der Waals surface area contributed by atoms with Crippen LogP contribution in [-0.4, -0.2) is 28.9 Å². The number of rotatable bonds is 2. The lowest BCUT2D eigenvalue weighted by Crippen LogP contribution is -2.38. The number of nitrogens with one attached hydrogen (secondary N) is 1. The molecular formula is C9H13N3O2. The van der Waals surface area contributed by atoms with Gasteiger partial charge in [-0.3, -0.25) is 10.00 Å². The molecule has 1 N–H and O–H groups in total. The molecule has 0 spiro atoms. The number of aromatic nitrogens is 2. The molecule has 0 fully saturated rings. The Bertz CT molecular complexity index is 335. The molecule has 5 nitrogen and oxygen atoms in total. The molecule has 1 aliphatic rings. The fraction of sp³-hybridized carbons (Fsp3) is 0.556. The predicted molar refractivity (Wildman–Crippen MR) is 49.6 cm³/mol. The van der Waals surface area contributed by atoms with Crippen molar-refractivity contribution in [2.24, 2.45) is 0 Å². The van der Waals surface area contributed by atoms with Crippen LogP contribution in [0, 0.1) is 0 Å². The lowest BCUT2D eigenvalue weighted by molar-refractivity contribution is -0.146. The van der Waals surface area contributed by atoms with Crippen LogP contribution in [0.5, 0.6) is 0 Å². The Balaban J connectivity index is 2.19. The van der Waals surface area contributed by atoms with Crippen molar-refractivity contribution in [2.75, 3.05) is 13.2 Å². The summed E-state index contributed by atoms with van der Waals surface area (Å²) in [5.74, 6) is -0.228. The lowest BCUT2D eigenvalue weighted by atomic mass is 10.2. The van der Waals surface area contributed by atoms with Crippen molar-refractivity contribution in [3.63, 3.8) is 0 Å². The number of esters is 1. The molecule has 5 heteroatoms. The van der Waals surface area contributed by atoms with Crippen molar-refractivity contribution in [1.29, 1.82) is 0 Å². The van der Waals surface area contributed by atoms with Gasteiger partial charge in [0.2, 0.25) is 0 Å². The summed E-state index contributed by atoms with van der Waals surface area (Å²) >= 11 is 0. The highest BCUT2D eigenvalue weighted by atomic mass is 16.5. The van der Waals surface area contributed by atoms with E-state index >= 15 is 0 Å². The summed E-state index contributed by atoms with van der Waals surface area (Å²) in [6, 6.07) is 1.49. The van der Waals surface area contributed by atoms with Crippen molar-refractivity contribution >= 4 is 5.97 Å².